The molecular weight excluding hydrogens is 470 g/mol. The fourth-order valence-corrected chi connectivity index (χ4v) is 3.91. The predicted molar refractivity (Wildman–Crippen MR) is 135 cm³/mol. The second kappa shape index (κ2) is 9.36. The van der Waals surface area contributed by atoms with Crippen molar-refractivity contribution in [2.45, 2.75) is 0 Å². The third-order valence-electron chi connectivity index (χ3n) is 5.75. The van der Waals surface area contributed by atoms with Crippen LogP contribution in [-0.4, -0.2) is 65.0 Å². The van der Waals surface area contributed by atoms with E-state index in [1.807, 2.05) is 0 Å². The van der Waals surface area contributed by atoms with Gasteiger partial charge in [0.05, 0.1) is 0 Å². The molecular formula is C24H20B2O10. The van der Waals surface area contributed by atoms with Crippen LogP contribution in [0.4, 0.5) is 0 Å². The molecule has 0 saturated heterocycles. The average Bonchev–Trinajstić information content (AvgIpc) is 2.83. The van der Waals surface area contributed by atoms with Crippen LogP contribution in [0.25, 0.3) is 32.3 Å². The number of hydrogen-bond acceptors (Lipinski definition) is 10. The molecule has 0 heterocycles. The van der Waals surface area contributed by atoms with Gasteiger partial charge in [0.2, 0.25) is 0 Å². The molecule has 0 aromatic heterocycles. The SMILES string of the molecule is OB(O)c1ccc(B(O)O)cc1.Oc1cc2c3cc(O)c(O)cc3c3cc(O)c(O)cc3c2cc1O. The number of benzene rings is 5. The van der Waals surface area contributed by atoms with Crippen LogP contribution in [0.2, 0.25) is 0 Å². The molecule has 0 unspecified atom stereocenters. The van der Waals surface area contributed by atoms with Gasteiger partial charge in [-0.1, -0.05) is 24.3 Å². The lowest BCUT2D eigenvalue weighted by atomic mass is 9.75. The summed E-state index contributed by atoms with van der Waals surface area (Å²) in [4.78, 5) is 0. The molecule has 0 saturated carbocycles. The second-order valence-electron chi connectivity index (χ2n) is 8.07. The van der Waals surface area contributed by atoms with Gasteiger partial charge in [0.1, 0.15) is 0 Å². The highest BCUT2D eigenvalue weighted by Crippen LogP contribution is 2.45. The topological polar surface area (TPSA) is 202 Å². The van der Waals surface area contributed by atoms with Crippen molar-refractivity contribution >= 4 is 57.5 Å². The van der Waals surface area contributed by atoms with Crippen molar-refractivity contribution in [2.24, 2.45) is 0 Å². The lowest BCUT2D eigenvalue weighted by Gasteiger charge is -2.13. The Labute approximate surface area is 203 Å². The molecule has 10 nitrogen and oxygen atoms in total. The highest BCUT2D eigenvalue weighted by atomic mass is 16.4. The summed E-state index contributed by atoms with van der Waals surface area (Å²) in [5, 5.41) is 96.7. The predicted octanol–water partition coefficient (Wildman–Crippen LogP) is 0.426. The fraction of sp³-hybridized carbons (Fsp3) is 0. The highest BCUT2D eigenvalue weighted by Gasteiger charge is 2.16. The minimum absolute atomic E-state index is 0.319. The molecule has 0 bridgehead atoms. The van der Waals surface area contributed by atoms with Gasteiger partial charge < -0.3 is 50.7 Å². The molecule has 0 spiro atoms. The van der Waals surface area contributed by atoms with Gasteiger partial charge in [-0.15, -0.1) is 0 Å². The van der Waals surface area contributed by atoms with Crippen LogP contribution in [0.5, 0.6) is 34.5 Å². The average molecular weight is 490 g/mol. The van der Waals surface area contributed by atoms with Crippen LogP contribution in [0.15, 0.2) is 60.7 Å². The quantitative estimate of drug-likeness (QED) is 0.0940. The summed E-state index contributed by atoms with van der Waals surface area (Å²) in [5.41, 5.74) is 0.638. The Bertz CT molecular complexity index is 1310. The van der Waals surface area contributed by atoms with Crippen LogP contribution in [-0.2, 0) is 0 Å². The third kappa shape index (κ3) is 4.49. The summed E-state index contributed by atoms with van der Waals surface area (Å²) in [6, 6.07) is 13.7. The Balaban J connectivity index is 0.000000214. The lowest BCUT2D eigenvalue weighted by molar-refractivity contribution is 0.404. The van der Waals surface area contributed by atoms with E-state index in [1.165, 1.54) is 60.7 Å². The normalized spacial score (nSPS) is 10.9. The molecule has 0 aliphatic carbocycles. The molecule has 182 valence electrons. The minimum Gasteiger partial charge on any atom is -0.504 e. The van der Waals surface area contributed by atoms with Crippen molar-refractivity contribution in [3.63, 3.8) is 0 Å². The number of phenolic OH excluding ortho intramolecular Hbond substituents is 6. The summed E-state index contributed by atoms with van der Waals surface area (Å²) in [5.74, 6) is -2.01. The first-order valence-electron chi connectivity index (χ1n) is 10.5. The molecule has 5 aromatic carbocycles. The van der Waals surface area contributed by atoms with E-state index in [0.29, 0.717) is 43.2 Å². The fourth-order valence-electron chi connectivity index (χ4n) is 3.91. The van der Waals surface area contributed by atoms with Gasteiger partial charge in [0.15, 0.2) is 34.5 Å². The van der Waals surface area contributed by atoms with Gasteiger partial charge in [0.25, 0.3) is 0 Å². The van der Waals surface area contributed by atoms with Gasteiger partial charge >= 0.3 is 14.2 Å². The van der Waals surface area contributed by atoms with E-state index in [9.17, 15) is 30.6 Å². The van der Waals surface area contributed by atoms with Crippen LogP contribution in [0.3, 0.4) is 0 Å². The van der Waals surface area contributed by atoms with E-state index in [0.717, 1.165) is 0 Å². The van der Waals surface area contributed by atoms with E-state index in [2.05, 4.69) is 0 Å². The first-order chi connectivity index (χ1) is 17.0. The van der Waals surface area contributed by atoms with E-state index >= 15 is 0 Å². The molecule has 0 fully saturated rings. The zero-order chi connectivity index (χ0) is 26.3. The molecule has 0 radical (unpaired) electrons. The van der Waals surface area contributed by atoms with Crippen molar-refractivity contribution < 1.29 is 50.7 Å². The van der Waals surface area contributed by atoms with Crippen molar-refractivity contribution in [2.75, 3.05) is 0 Å². The summed E-state index contributed by atoms with van der Waals surface area (Å²) >= 11 is 0. The third-order valence-corrected chi connectivity index (χ3v) is 5.75. The first kappa shape index (κ1) is 24.8. The van der Waals surface area contributed by atoms with Crippen molar-refractivity contribution in [1.82, 2.24) is 0 Å². The molecule has 0 amide bonds. The van der Waals surface area contributed by atoms with Gasteiger partial charge in [-0.2, -0.15) is 0 Å². The molecule has 36 heavy (non-hydrogen) atoms. The van der Waals surface area contributed by atoms with Crippen LogP contribution in [0, 0.1) is 0 Å². The number of hydrogen-bond donors (Lipinski definition) is 10. The van der Waals surface area contributed by atoms with Crippen LogP contribution < -0.4 is 10.9 Å². The number of rotatable bonds is 2. The van der Waals surface area contributed by atoms with Gasteiger partial charge in [0, 0.05) is 0 Å². The second-order valence-corrected chi connectivity index (χ2v) is 8.07. The number of phenols is 6. The van der Waals surface area contributed by atoms with E-state index in [-0.39, 0.29) is 34.5 Å². The Kier molecular flexibility index (Phi) is 6.44. The Morgan fingerprint density at radius 2 is 0.500 bits per heavy atom. The summed E-state index contributed by atoms with van der Waals surface area (Å²) in [6.45, 7) is 0. The minimum atomic E-state index is -1.52. The molecule has 0 aliphatic heterocycles. The Morgan fingerprint density at radius 1 is 0.333 bits per heavy atom. The van der Waals surface area contributed by atoms with Crippen LogP contribution in [0.1, 0.15) is 0 Å². The molecule has 5 aromatic rings. The molecule has 12 heteroatoms. The summed E-state index contributed by atoms with van der Waals surface area (Å²) < 4.78 is 0. The van der Waals surface area contributed by atoms with Gasteiger partial charge in [-0.25, -0.2) is 0 Å². The molecule has 5 rings (SSSR count). The molecule has 0 atom stereocenters. The van der Waals surface area contributed by atoms with Gasteiger partial charge in [-0.05, 0) is 79.6 Å². The summed E-state index contributed by atoms with van der Waals surface area (Å²) in [6.07, 6.45) is 0. The summed E-state index contributed by atoms with van der Waals surface area (Å²) in [7, 11) is -3.04. The Hall–Kier alpha value is -4.35. The number of fused-ring (bicyclic) bond motifs is 6. The largest absolute Gasteiger partial charge is 0.504 e. The maximum atomic E-state index is 9.82. The zero-order valence-corrected chi connectivity index (χ0v) is 18.4. The van der Waals surface area contributed by atoms with Crippen molar-refractivity contribution in [1.29, 1.82) is 0 Å². The van der Waals surface area contributed by atoms with Crippen molar-refractivity contribution in [3.05, 3.63) is 60.7 Å². The maximum absolute atomic E-state index is 9.82. The van der Waals surface area contributed by atoms with E-state index in [4.69, 9.17) is 20.1 Å². The van der Waals surface area contributed by atoms with Crippen molar-refractivity contribution in [3.8, 4) is 34.5 Å². The maximum Gasteiger partial charge on any atom is 0.488 e. The van der Waals surface area contributed by atoms with E-state index < -0.39 is 14.2 Å². The molecule has 0 aliphatic rings. The standard InChI is InChI=1S/C18H12O6.C6H8B2O4/c19-13-1-7-8(2-14(13)20)10-4-17(23)18(24)6-12(10)11-5-16(22)15(21)3-9(7)11;9-7(10)5-1-2-6(4-3-5)8(11)12/h1-6,19-24H;1-4,9-12H. The number of aromatic hydroxyl groups is 6. The molecule has 10 N–H and O–H groups in total. The lowest BCUT2D eigenvalue weighted by Crippen LogP contribution is -2.34. The zero-order valence-electron chi connectivity index (χ0n) is 18.4. The first-order valence-corrected chi connectivity index (χ1v) is 10.5. The Morgan fingerprint density at radius 3 is 0.639 bits per heavy atom. The van der Waals surface area contributed by atoms with E-state index in [1.54, 1.807) is 0 Å². The van der Waals surface area contributed by atoms with Gasteiger partial charge in [-0.3, -0.25) is 0 Å². The smallest absolute Gasteiger partial charge is 0.488 e. The van der Waals surface area contributed by atoms with Crippen LogP contribution >= 0.6 is 0 Å². The monoisotopic (exact) mass is 490 g/mol. The highest BCUT2D eigenvalue weighted by molar-refractivity contribution is 6.60.